The van der Waals surface area contributed by atoms with Crippen LogP contribution in [0, 0.1) is 29.1 Å². The minimum Gasteiger partial charge on any atom is -0.297 e. The molecule has 2 bridgehead atoms. The van der Waals surface area contributed by atoms with E-state index in [1.165, 1.54) is 0 Å². The van der Waals surface area contributed by atoms with Crippen molar-refractivity contribution in [2.45, 2.75) is 37.8 Å². The molecular weight excluding hydrogens is 289 g/mol. The zero-order valence-electron chi connectivity index (χ0n) is 11.4. The van der Waals surface area contributed by atoms with Crippen molar-refractivity contribution in [2.24, 2.45) is 0 Å². The van der Waals surface area contributed by atoms with Gasteiger partial charge in [-0.25, -0.2) is 22.0 Å². The summed E-state index contributed by atoms with van der Waals surface area (Å²) < 4.78 is 66.8. The maximum absolute atomic E-state index is 13.7. The molecule has 2 heterocycles. The average Bonchev–Trinajstić information content (AvgIpc) is 2.69. The molecule has 2 unspecified atom stereocenters. The third kappa shape index (κ3) is 2.25. The van der Waals surface area contributed by atoms with Gasteiger partial charge in [-0.2, -0.15) is 0 Å². The standard InChI is InChI=1S/C15H14F5N/c1-21-8-2-3-9(21)5-7(4-8)6-10-11(16)13(18)15(20)14(19)12(10)17/h4,8-9H,2-3,5-6H2,1H3. The maximum Gasteiger partial charge on any atom is 0.200 e. The van der Waals surface area contributed by atoms with Gasteiger partial charge in [0.1, 0.15) is 0 Å². The summed E-state index contributed by atoms with van der Waals surface area (Å²) in [4.78, 5) is 2.18. The number of likely N-dealkylation sites (N-methyl/N-ethyl adjacent to an activating group) is 1. The van der Waals surface area contributed by atoms with Crippen LogP contribution in [0.4, 0.5) is 22.0 Å². The van der Waals surface area contributed by atoms with Crippen LogP contribution < -0.4 is 0 Å². The summed E-state index contributed by atoms with van der Waals surface area (Å²) in [5, 5.41) is 0. The molecule has 2 aliphatic rings. The predicted molar refractivity (Wildman–Crippen MR) is 67.2 cm³/mol. The van der Waals surface area contributed by atoms with E-state index in [1.807, 2.05) is 13.1 Å². The van der Waals surface area contributed by atoms with Crippen LogP contribution >= 0.6 is 0 Å². The van der Waals surface area contributed by atoms with Crippen molar-refractivity contribution < 1.29 is 22.0 Å². The van der Waals surface area contributed by atoms with Gasteiger partial charge in [-0.1, -0.05) is 11.6 Å². The van der Waals surface area contributed by atoms with Gasteiger partial charge in [0.05, 0.1) is 0 Å². The molecule has 2 atom stereocenters. The summed E-state index contributed by atoms with van der Waals surface area (Å²) in [6.07, 6.45) is 4.21. The van der Waals surface area contributed by atoms with Crippen LogP contribution in [0.3, 0.4) is 0 Å². The number of rotatable bonds is 2. The molecule has 1 nitrogen and oxygen atoms in total. The molecule has 0 amide bonds. The normalized spacial score (nSPS) is 25.3. The summed E-state index contributed by atoms with van der Waals surface area (Å²) in [6.45, 7) is 0. The summed E-state index contributed by atoms with van der Waals surface area (Å²) in [7, 11) is 1.98. The number of halogens is 5. The highest BCUT2D eigenvalue weighted by molar-refractivity contribution is 5.30. The Labute approximate surface area is 119 Å². The van der Waals surface area contributed by atoms with Crippen molar-refractivity contribution in [3.63, 3.8) is 0 Å². The largest absolute Gasteiger partial charge is 0.297 e. The Kier molecular flexibility index (Phi) is 3.51. The minimum atomic E-state index is -2.11. The van der Waals surface area contributed by atoms with Crippen LogP contribution in [0.1, 0.15) is 24.8 Å². The van der Waals surface area contributed by atoms with Crippen LogP contribution in [-0.4, -0.2) is 24.0 Å². The van der Waals surface area contributed by atoms with Crippen molar-refractivity contribution in [1.82, 2.24) is 4.90 Å². The average molecular weight is 303 g/mol. The number of fused-ring (bicyclic) bond motifs is 2. The monoisotopic (exact) mass is 303 g/mol. The third-order valence-corrected chi connectivity index (χ3v) is 4.53. The van der Waals surface area contributed by atoms with Gasteiger partial charge in [0, 0.05) is 17.6 Å². The molecule has 21 heavy (non-hydrogen) atoms. The molecule has 0 N–H and O–H groups in total. The number of nitrogens with zero attached hydrogens (tertiary/aromatic N) is 1. The van der Waals surface area contributed by atoms with Gasteiger partial charge in [0.25, 0.3) is 0 Å². The Hall–Kier alpha value is -1.43. The highest BCUT2D eigenvalue weighted by Crippen LogP contribution is 2.35. The Morgan fingerprint density at radius 3 is 2.10 bits per heavy atom. The molecule has 0 saturated carbocycles. The molecule has 0 spiro atoms. The van der Waals surface area contributed by atoms with Crippen molar-refractivity contribution in [3.8, 4) is 0 Å². The zero-order valence-corrected chi connectivity index (χ0v) is 11.4. The fraction of sp³-hybridized carbons (Fsp3) is 0.467. The molecule has 6 heteroatoms. The molecule has 1 fully saturated rings. The van der Waals surface area contributed by atoms with Gasteiger partial charge in [-0.3, -0.25) is 4.90 Å². The van der Waals surface area contributed by atoms with Gasteiger partial charge in [0.2, 0.25) is 5.82 Å². The quantitative estimate of drug-likeness (QED) is 0.348. The summed E-state index contributed by atoms with van der Waals surface area (Å²) >= 11 is 0. The van der Waals surface area contributed by atoms with Crippen LogP contribution in [0.5, 0.6) is 0 Å². The van der Waals surface area contributed by atoms with Crippen LogP contribution in [0.2, 0.25) is 0 Å². The van der Waals surface area contributed by atoms with E-state index in [1.54, 1.807) is 0 Å². The van der Waals surface area contributed by atoms with Gasteiger partial charge < -0.3 is 0 Å². The van der Waals surface area contributed by atoms with E-state index in [0.29, 0.717) is 6.42 Å². The second-order valence-corrected chi connectivity index (χ2v) is 5.72. The molecule has 0 aromatic heterocycles. The van der Waals surface area contributed by atoms with E-state index in [2.05, 4.69) is 4.90 Å². The number of benzene rings is 1. The minimum absolute atomic E-state index is 0.194. The lowest BCUT2D eigenvalue weighted by atomic mass is 9.94. The molecule has 1 aromatic rings. The van der Waals surface area contributed by atoms with E-state index in [9.17, 15) is 22.0 Å². The lowest BCUT2D eigenvalue weighted by Crippen LogP contribution is -2.35. The molecule has 114 valence electrons. The Morgan fingerprint density at radius 1 is 0.952 bits per heavy atom. The summed E-state index contributed by atoms with van der Waals surface area (Å²) in [5.41, 5.74) is 0.00501. The summed E-state index contributed by atoms with van der Waals surface area (Å²) in [6, 6.07) is 0.483. The topological polar surface area (TPSA) is 3.24 Å². The van der Waals surface area contributed by atoms with Crippen molar-refractivity contribution in [1.29, 1.82) is 0 Å². The van der Waals surface area contributed by atoms with Gasteiger partial charge >= 0.3 is 0 Å². The molecule has 0 radical (unpaired) electrons. The third-order valence-electron chi connectivity index (χ3n) is 4.53. The van der Waals surface area contributed by atoms with Crippen molar-refractivity contribution >= 4 is 0 Å². The Morgan fingerprint density at radius 2 is 1.52 bits per heavy atom. The first-order chi connectivity index (χ1) is 9.90. The van der Waals surface area contributed by atoms with E-state index in [-0.39, 0.29) is 18.5 Å². The van der Waals surface area contributed by atoms with E-state index in [4.69, 9.17) is 0 Å². The predicted octanol–water partition coefficient (Wildman–Crippen LogP) is 3.72. The second kappa shape index (κ2) is 5.09. The van der Waals surface area contributed by atoms with Crippen molar-refractivity contribution in [2.75, 3.05) is 7.05 Å². The SMILES string of the molecule is CN1C2C=C(Cc3c(F)c(F)c(F)c(F)c3F)CC1CC2. The summed E-state index contributed by atoms with van der Waals surface area (Å²) in [5.74, 6) is -9.30. The van der Waals surface area contributed by atoms with E-state index >= 15 is 0 Å². The van der Waals surface area contributed by atoms with E-state index in [0.717, 1.165) is 18.4 Å². The lowest BCUT2D eigenvalue weighted by molar-refractivity contribution is 0.253. The van der Waals surface area contributed by atoms with Crippen LogP contribution in [0.15, 0.2) is 11.6 Å². The maximum atomic E-state index is 13.7. The van der Waals surface area contributed by atoms with Crippen LogP contribution in [0.25, 0.3) is 0 Å². The van der Waals surface area contributed by atoms with E-state index < -0.39 is 34.6 Å². The van der Waals surface area contributed by atoms with Crippen LogP contribution in [-0.2, 0) is 6.42 Å². The molecule has 3 rings (SSSR count). The lowest BCUT2D eigenvalue weighted by Gasteiger charge is -2.30. The van der Waals surface area contributed by atoms with Gasteiger partial charge in [-0.05, 0) is 32.7 Å². The first kappa shape index (κ1) is 14.5. The highest BCUT2D eigenvalue weighted by atomic mass is 19.2. The van der Waals surface area contributed by atoms with Gasteiger partial charge in [0.15, 0.2) is 23.3 Å². The molecular formula is C15H14F5N. The zero-order chi connectivity index (χ0) is 15.3. The van der Waals surface area contributed by atoms with Crippen molar-refractivity contribution in [3.05, 3.63) is 46.3 Å². The molecule has 0 aliphatic carbocycles. The highest BCUT2D eigenvalue weighted by Gasteiger charge is 2.34. The van der Waals surface area contributed by atoms with Gasteiger partial charge in [-0.15, -0.1) is 0 Å². The first-order valence-electron chi connectivity index (χ1n) is 6.82. The Bertz CT molecular complexity index is 596. The molecule has 1 saturated heterocycles. The molecule has 2 aliphatic heterocycles. The second-order valence-electron chi connectivity index (χ2n) is 5.72. The molecule has 1 aromatic carbocycles. The number of hydrogen-bond acceptors (Lipinski definition) is 1. The number of hydrogen-bond donors (Lipinski definition) is 0. The fourth-order valence-electron chi connectivity index (χ4n) is 3.29. The smallest absolute Gasteiger partial charge is 0.200 e. The Balaban J connectivity index is 1.95. The first-order valence-corrected chi connectivity index (χ1v) is 6.82. The fourth-order valence-corrected chi connectivity index (χ4v) is 3.29.